The van der Waals surface area contributed by atoms with Crippen molar-refractivity contribution >= 4 is 11.8 Å². The van der Waals surface area contributed by atoms with Gasteiger partial charge in [0.05, 0.1) is 5.56 Å². The topological polar surface area (TPSA) is 52.6 Å². The molecule has 0 aromatic heterocycles. The number of aryl methyl sites for hydroxylation is 1. The molecule has 0 bridgehead atoms. The van der Waals surface area contributed by atoms with Crippen LogP contribution in [0.15, 0.2) is 72.8 Å². The molecule has 0 heterocycles. The van der Waals surface area contributed by atoms with Crippen LogP contribution >= 0.6 is 0 Å². The van der Waals surface area contributed by atoms with Crippen molar-refractivity contribution < 1.29 is 19.1 Å². The molecular formula is C23H20O4. The quantitative estimate of drug-likeness (QED) is 0.353. The van der Waals surface area contributed by atoms with E-state index in [-0.39, 0.29) is 5.78 Å². The van der Waals surface area contributed by atoms with Crippen LogP contribution in [0.3, 0.4) is 0 Å². The van der Waals surface area contributed by atoms with E-state index in [4.69, 9.17) is 9.47 Å². The minimum absolute atomic E-state index is 0.0312. The van der Waals surface area contributed by atoms with Gasteiger partial charge in [-0.2, -0.15) is 0 Å². The molecule has 4 heteroatoms. The third-order valence-electron chi connectivity index (χ3n) is 4.06. The lowest BCUT2D eigenvalue weighted by Gasteiger charge is -2.08. The van der Waals surface area contributed by atoms with Crippen molar-refractivity contribution in [1.82, 2.24) is 0 Å². The van der Waals surface area contributed by atoms with Crippen LogP contribution in [0.5, 0.6) is 11.5 Å². The average molecular weight is 360 g/mol. The number of carbonyl (C=O) groups is 2. The highest BCUT2D eigenvalue weighted by molar-refractivity contribution is 5.94. The Bertz CT molecular complexity index is 941. The maximum Gasteiger partial charge on any atom is 0.343 e. The summed E-state index contributed by atoms with van der Waals surface area (Å²) in [6.45, 7) is 3.93. The maximum atomic E-state index is 12.2. The zero-order valence-electron chi connectivity index (χ0n) is 15.3. The van der Waals surface area contributed by atoms with Gasteiger partial charge in [-0.1, -0.05) is 24.3 Å². The summed E-state index contributed by atoms with van der Waals surface area (Å²) in [4.78, 5) is 23.5. The number of carbonyl (C=O) groups excluding carboxylic acids is 2. The second-order valence-corrected chi connectivity index (χ2v) is 6.27. The Hall–Kier alpha value is -3.40. The molecule has 0 radical (unpaired) electrons. The van der Waals surface area contributed by atoms with Gasteiger partial charge in [0, 0.05) is 5.56 Å². The van der Waals surface area contributed by atoms with Gasteiger partial charge in [0.2, 0.25) is 0 Å². The van der Waals surface area contributed by atoms with Crippen molar-refractivity contribution in [2.24, 2.45) is 0 Å². The number of ether oxygens (including phenoxy) is 2. The van der Waals surface area contributed by atoms with Gasteiger partial charge in [0.15, 0.2) is 5.78 Å². The number of hydrogen-bond acceptors (Lipinski definition) is 4. The van der Waals surface area contributed by atoms with E-state index in [1.165, 1.54) is 6.92 Å². The molecular weight excluding hydrogens is 340 g/mol. The summed E-state index contributed by atoms with van der Waals surface area (Å²) in [6, 6.07) is 21.4. The van der Waals surface area contributed by atoms with Gasteiger partial charge in [0.1, 0.15) is 18.1 Å². The van der Waals surface area contributed by atoms with Crippen LogP contribution in [-0.2, 0) is 6.61 Å². The standard InChI is InChI=1S/C23H20O4/c1-16-4-3-5-22(14-16)26-15-18-6-8-20(9-7-18)23(25)27-21-12-10-19(11-13-21)17(2)24/h3-14H,15H2,1-2H3. The minimum Gasteiger partial charge on any atom is -0.489 e. The highest BCUT2D eigenvalue weighted by atomic mass is 16.5. The first-order valence-corrected chi connectivity index (χ1v) is 8.63. The van der Waals surface area contributed by atoms with Crippen LogP contribution in [-0.4, -0.2) is 11.8 Å². The summed E-state index contributed by atoms with van der Waals surface area (Å²) < 4.78 is 11.1. The molecule has 4 nitrogen and oxygen atoms in total. The van der Waals surface area contributed by atoms with Crippen LogP contribution in [0, 0.1) is 6.92 Å². The average Bonchev–Trinajstić information content (AvgIpc) is 2.67. The van der Waals surface area contributed by atoms with E-state index in [2.05, 4.69) is 0 Å². The van der Waals surface area contributed by atoms with Gasteiger partial charge in [-0.3, -0.25) is 4.79 Å². The molecule has 3 rings (SSSR count). The normalized spacial score (nSPS) is 10.3. The number of esters is 1. The van der Waals surface area contributed by atoms with Crippen LogP contribution in [0.2, 0.25) is 0 Å². The van der Waals surface area contributed by atoms with E-state index in [0.717, 1.165) is 16.9 Å². The second-order valence-electron chi connectivity index (χ2n) is 6.27. The summed E-state index contributed by atoms with van der Waals surface area (Å²) in [7, 11) is 0. The van der Waals surface area contributed by atoms with E-state index in [1.54, 1.807) is 36.4 Å². The summed E-state index contributed by atoms with van der Waals surface area (Å²) in [5, 5.41) is 0. The third-order valence-corrected chi connectivity index (χ3v) is 4.06. The van der Waals surface area contributed by atoms with Crippen LogP contribution in [0.25, 0.3) is 0 Å². The van der Waals surface area contributed by atoms with Crippen molar-refractivity contribution in [2.45, 2.75) is 20.5 Å². The molecule has 0 saturated carbocycles. The van der Waals surface area contributed by atoms with Crippen LogP contribution in [0.1, 0.15) is 38.8 Å². The first kappa shape index (κ1) is 18.4. The summed E-state index contributed by atoms with van der Waals surface area (Å²) in [6.07, 6.45) is 0. The number of rotatable bonds is 6. The van der Waals surface area contributed by atoms with Gasteiger partial charge < -0.3 is 9.47 Å². The fourth-order valence-corrected chi connectivity index (χ4v) is 2.53. The third kappa shape index (κ3) is 5.05. The Morgan fingerprint density at radius 3 is 2.11 bits per heavy atom. The van der Waals surface area contributed by atoms with E-state index in [9.17, 15) is 9.59 Å². The first-order valence-electron chi connectivity index (χ1n) is 8.63. The smallest absolute Gasteiger partial charge is 0.343 e. The maximum absolute atomic E-state index is 12.2. The number of benzene rings is 3. The molecule has 3 aromatic rings. The highest BCUT2D eigenvalue weighted by Crippen LogP contribution is 2.17. The van der Waals surface area contributed by atoms with Crippen molar-refractivity contribution in [3.8, 4) is 11.5 Å². The second kappa shape index (κ2) is 8.32. The Labute approximate surface area is 158 Å². The minimum atomic E-state index is -0.447. The van der Waals surface area contributed by atoms with Crippen molar-refractivity contribution in [1.29, 1.82) is 0 Å². The molecule has 0 fully saturated rings. The molecule has 0 aliphatic heterocycles. The Balaban J connectivity index is 1.59. The number of Topliss-reactive ketones (excluding diaryl/α,β-unsaturated/α-hetero) is 1. The summed E-state index contributed by atoms with van der Waals surface area (Å²) >= 11 is 0. The molecule has 136 valence electrons. The van der Waals surface area contributed by atoms with E-state index in [0.29, 0.717) is 23.5 Å². The number of ketones is 1. The molecule has 0 amide bonds. The molecule has 0 atom stereocenters. The van der Waals surface area contributed by atoms with Gasteiger partial charge in [-0.25, -0.2) is 4.79 Å². The largest absolute Gasteiger partial charge is 0.489 e. The fraction of sp³-hybridized carbons (Fsp3) is 0.130. The number of hydrogen-bond donors (Lipinski definition) is 0. The predicted molar refractivity (Wildman–Crippen MR) is 103 cm³/mol. The lowest BCUT2D eigenvalue weighted by atomic mass is 10.1. The SMILES string of the molecule is CC(=O)c1ccc(OC(=O)c2ccc(COc3cccc(C)c3)cc2)cc1. The monoisotopic (exact) mass is 360 g/mol. The molecule has 3 aromatic carbocycles. The van der Waals surface area contributed by atoms with Crippen LogP contribution < -0.4 is 9.47 Å². The highest BCUT2D eigenvalue weighted by Gasteiger charge is 2.09. The Kier molecular flexibility index (Phi) is 5.67. The molecule has 0 saturated heterocycles. The zero-order valence-corrected chi connectivity index (χ0v) is 15.3. The van der Waals surface area contributed by atoms with Crippen molar-refractivity contribution in [3.63, 3.8) is 0 Å². The van der Waals surface area contributed by atoms with E-state index >= 15 is 0 Å². The molecule has 0 aliphatic carbocycles. The lowest BCUT2D eigenvalue weighted by molar-refractivity contribution is 0.0734. The van der Waals surface area contributed by atoms with Gasteiger partial charge in [-0.15, -0.1) is 0 Å². The van der Waals surface area contributed by atoms with Gasteiger partial charge in [-0.05, 0) is 73.5 Å². The molecule has 0 spiro atoms. The molecule has 0 unspecified atom stereocenters. The molecule has 0 N–H and O–H groups in total. The summed E-state index contributed by atoms with van der Waals surface area (Å²) in [5.74, 6) is 0.734. The molecule has 0 aliphatic rings. The lowest BCUT2D eigenvalue weighted by Crippen LogP contribution is -2.08. The van der Waals surface area contributed by atoms with Crippen molar-refractivity contribution in [2.75, 3.05) is 0 Å². The summed E-state index contributed by atoms with van der Waals surface area (Å²) in [5.41, 5.74) is 3.12. The zero-order chi connectivity index (χ0) is 19.2. The van der Waals surface area contributed by atoms with E-state index < -0.39 is 5.97 Å². The van der Waals surface area contributed by atoms with E-state index in [1.807, 2.05) is 43.3 Å². The first-order chi connectivity index (χ1) is 13.0. The van der Waals surface area contributed by atoms with Crippen LogP contribution in [0.4, 0.5) is 0 Å². The Morgan fingerprint density at radius 2 is 1.48 bits per heavy atom. The Morgan fingerprint density at radius 1 is 0.815 bits per heavy atom. The predicted octanol–water partition coefficient (Wildman–Crippen LogP) is 5.00. The van der Waals surface area contributed by atoms with Gasteiger partial charge >= 0.3 is 5.97 Å². The van der Waals surface area contributed by atoms with Gasteiger partial charge in [0.25, 0.3) is 0 Å². The molecule has 27 heavy (non-hydrogen) atoms. The fourth-order valence-electron chi connectivity index (χ4n) is 2.53. The van der Waals surface area contributed by atoms with Crippen molar-refractivity contribution in [3.05, 3.63) is 95.1 Å².